The normalized spacial score (nSPS) is 13.7. The van der Waals surface area contributed by atoms with Crippen LogP contribution in [0.2, 0.25) is 0 Å². The molecule has 164 valence electrons. The van der Waals surface area contributed by atoms with E-state index in [2.05, 4.69) is 0 Å². The lowest BCUT2D eigenvalue weighted by Crippen LogP contribution is -2.57. The third-order valence-electron chi connectivity index (χ3n) is 4.88. The van der Waals surface area contributed by atoms with Gasteiger partial charge in [0.25, 0.3) is 6.47 Å². The second kappa shape index (κ2) is 7.84. The summed E-state index contributed by atoms with van der Waals surface area (Å²) in [6.45, 7) is 10.2. The maximum Gasteiger partial charge on any atom is 0.364 e. The van der Waals surface area contributed by atoms with Crippen molar-refractivity contribution in [3.63, 3.8) is 0 Å². The van der Waals surface area contributed by atoms with Crippen molar-refractivity contribution >= 4 is 18.4 Å². The number of hydrogen-bond donors (Lipinski definition) is 0. The minimum atomic E-state index is -2.34. The smallest absolute Gasteiger partial charge is 0.364 e. The minimum absolute atomic E-state index is 0.109. The molecule has 2 aromatic carbocycles. The maximum absolute atomic E-state index is 13.6. The second-order valence-corrected chi connectivity index (χ2v) is 9.56. The number of carbonyl (C=O) groups is 3. The summed E-state index contributed by atoms with van der Waals surface area (Å²) >= 11 is 0. The predicted octanol–water partition coefficient (Wildman–Crippen LogP) is 4.39. The standard InChI is InChI=1S/C25H28O6/c1-23(2,3)30-21(27)25(29-15-26,22(28)31-24(4,5)6)20-18-13-9-7-11-16(18)17-12-8-10-14-19(17)20/h7-15,20H,1-6H3. The van der Waals surface area contributed by atoms with Crippen LogP contribution >= 0.6 is 0 Å². The molecule has 0 unspecified atom stereocenters. The topological polar surface area (TPSA) is 78.9 Å². The van der Waals surface area contributed by atoms with Crippen LogP contribution in [-0.2, 0) is 28.6 Å². The van der Waals surface area contributed by atoms with Crippen molar-refractivity contribution in [1.29, 1.82) is 0 Å². The highest BCUT2D eigenvalue weighted by Gasteiger charge is 2.62. The highest BCUT2D eigenvalue weighted by Crippen LogP contribution is 2.51. The van der Waals surface area contributed by atoms with E-state index in [1.807, 2.05) is 48.5 Å². The summed E-state index contributed by atoms with van der Waals surface area (Å²) in [6, 6.07) is 14.8. The Morgan fingerprint density at radius 2 is 1.13 bits per heavy atom. The van der Waals surface area contributed by atoms with Crippen LogP contribution in [0.15, 0.2) is 48.5 Å². The van der Waals surface area contributed by atoms with Gasteiger partial charge in [0.2, 0.25) is 0 Å². The Hall–Kier alpha value is -3.15. The summed E-state index contributed by atoms with van der Waals surface area (Å²) in [4.78, 5) is 38.9. The fourth-order valence-corrected chi connectivity index (χ4v) is 3.86. The Balaban J connectivity index is 2.31. The van der Waals surface area contributed by atoms with Crippen LogP contribution in [0.5, 0.6) is 0 Å². The molecule has 0 bridgehead atoms. The molecule has 0 aliphatic heterocycles. The monoisotopic (exact) mass is 424 g/mol. The van der Waals surface area contributed by atoms with Crippen LogP contribution in [0.3, 0.4) is 0 Å². The predicted molar refractivity (Wildman–Crippen MR) is 115 cm³/mol. The Morgan fingerprint density at radius 1 is 0.742 bits per heavy atom. The zero-order chi connectivity index (χ0) is 23.0. The molecule has 0 spiro atoms. The molecule has 0 heterocycles. The molecule has 0 amide bonds. The van der Waals surface area contributed by atoms with Gasteiger partial charge < -0.3 is 14.2 Å². The molecule has 0 radical (unpaired) electrons. The van der Waals surface area contributed by atoms with Crippen molar-refractivity contribution in [2.24, 2.45) is 0 Å². The molecular formula is C25H28O6. The number of rotatable bonds is 5. The lowest BCUT2D eigenvalue weighted by molar-refractivity contribution is -0.204. The van der Waals surface area contributed by atoms with Gasteiger partial charge in [-0.25, -0.2) is 9.59 Å². The highest BCUT2D eigenvalue weighted by atomic mass is 16.6. The third-order valence-corrected chi connectivity index (χ3v) is 4.88. The van der Waals surface area contributed by atoms with Gasteiger partial charge in [0.05, 0.1) is 5.92 Å². The molecule has 0 saturated heterocycles. The summed E-state index contributed by atoms with van der Waals surface area (Å²) in [5.74, 6) is -2.87. The minimum Gasteiger partial charge on any atom is -0.457 e. The van der Waals surface area contributed by atoms with E-state index in [4.69, 9.17) is 14.2 Å². The van der Waals surface area contributed by atoms with Crippen LogP contribution in [-0.4, -0.2) is 35.2 Å². The average molecular weight is 424 g/mol. The van der Waals surface area contributed by atoms with Crippen LogP contribution in [0, 0.1) is 0 Å². The number of hydrogen-bond acceptors (Lipinski definition) is 6. The number of fused-ring (bicyclic) bond motifs is 3. The van der Waals surface area contributed by atoms with Gasteiger partial charge in [-0.3, -0.25) is 4.79 Å². The number of carbonyl (C=O) groups excluding carboxylic acids is 3. The van der Waals surface area contributed by atoms with Gasteiger partial charge in [0.15, 0.2) is 0 Å². The summed E-state index contributed by atoms with van der Waals surface area (Å²) in [6.07, 6.45) is 0. The van der Waals surface area contributed by atoms with Crippen molar-refractivity contribution in [2.75, 3.05) is 0 Å². The molecular weight excluding hydrogens is 396 g/mol. The van der Waals surface area contributed by atoms with E-state index in [-0.39, 0.29) is 6.47 Å². The van der Waals surface area contributed by atoms with E-state index >= 15 is 0 Å². The van der Waals surface area contributed by atoms with E-state index in [1.54, 1.807) is 41.5 Å². The molecule has 0 N–H and O–H groups in total. The lowest BCUT2D eigenvalue weighted by atomic mass is 9.79. The molecule has 0 saturated carbocycles. The number of benzene rings is 2. The molecule has 1 aliphatic rings. The number of esters is 2. The van der Waals surface area contributed by atoms with E-state index in [9.17, 15) is 14.4 Å². The van der Waals surface area contributed by atoms with E-state index in [1.165, 1.54) is 0 Å². The van der Waals surface area contributed by atoms with Crippen molar-refractivity contribution in [3.8, 4) is 11.1 Å². The molecule has 0 aromatic heterocycles. The molecule has 0 atom stereocenters. The fraction of sp³-hybridized carbons (Fsp3) is 0.400. The molecule has 6 heteroatoms. The van der Waals surface area contributed by atoms with Crippen molar-refractivity contribution in [2.45, 2.75) is 64.3 Å². The molecule has 0 fully saturated rings. The van der Waals surface area contributed by atoms with Gasteiger partial charge >= 0.3 is 17.5 Å². The molecule has 2 aromatic rings. The van der Waals surface area contributed by atoms with Crippen LogP contribution < -0.4 is 0 Å². The maximum atomic E-state index is 13.6. The zero-order valence-corrected chi connectivity index (χ0v) is 18.7. The van der Waals surface area contributed by atoms with Gasteiger partial charge in [0, 0.05) is 0 Å². The Labute approximate surface area is 182 Å². The van der Waals surface area contributed by atoms with Gasteiger partial charge in [-0.05, 0) is 63.8 Å². The van der Waals surface area contributed by atoms with E-state index in [0.717, 1.165) is 11.1 Å². The fourth-order valence-electron chi connectivity index (χ4n) is 3.86. The molecule has 3 rings (SSSR count). The molecule has 6 nitrogen and oxygen atoms in total. The summed E-state index contributed by atoms with van der Waals surface area (Å²) in [5.41, 5.74) is -1.11. The average Bonchev–Trinajstić information content (AvgIpc) is 2.98. The Morgan fingerprint density at radius 3 is 1.48 bits per heavy atom. The van der Waals surface area contributed by atoms with Gasteiger partial charge in [-0.1, -0.05) is 48.5 Å². The van der Waals surface area contributed by atoms with Gasteiger partial charge in [0.1, 0.15) is 11.2 Å². The van der Waals surface area contributed by atoms with Crippen molar-refractivity contribution in [1.82, 2.24) is 0 Å². The summed E-state index contributed by atoms with van der Waals surface area (Å²) in [5, 5.41) is 0. The zero-order valence-electron chi connectivity index (χ0n) is 18.7. The molecule has 31 heavy (non-hydrogen) atoms. The van der Waals surface area contributed by atoms with Crippen molar-refractivity contribution < 1.29 is 28.6 Å². The number of ether oxygens (including phenoxy) is 3. The first kappa shape index (κ1) is 22.5. The summed E-state index contributed by atoms with van der Waals surface area (Å²) < 4.78 is 16.6. The Kier molecular flexibility index (Phi) is 5.70. The lowest BCUT2D eigenvalue weighted by Gasteiger charge is -2.37. The van der Waals surface area contributed by atoms with Crippen LogP contribution in [0.25, 0.3) is 11.1 Å². The van der Waals surface area contributed by atoms with Gasteiger partial charge in [-0.2, -0.15) is 0 Å². The van der Waals surface area contributed by atoms with Crippen LogP contribution in [0.4, 0.5) is 0 Å². The highest BCUT2D eigenvalue weighted by molar-refractivity contribution is 6.08. The van der Waals surface area contributed by atoms with E-state index in [0.29, 0.717) is 11.1 Å². The van der Waals surface area contributed by atoms with Crippen LogP contribution in [0.1, 0.15) is 58.6 Å². The van der Waals surface area contributed by atoms with E-state index < -0.39 is 34.7 Å². The first-order chi connectivity index (χ1) is 14.4. The summed E-state index contributed by atoms with van der Waals surface area (Å²) in [7, 11) is 0. The van der Waals surface area contributed by atoms with Crippen molar-refractivity contribution in [3.05, 3.63) is 59.7 Å². The second-order valence-electron chi connectivity index (χ2n) is 9.56. The largest absolute Gasteiger partial charge is 0.457 e. The first-order valence-corrected chi connectivity index (χ1v) is 10.2. The molecule has 1 aliphatic carbocycles. The quantitative estimate of drug-likeness (QED) is 0.306. The third kappa shape index (κ3) is 4.20. The first-order valence-electron chi connectivity index (χ1n) is 10.2. The van der Waals surface area contributed by atoms with Gasteiger partial charge in [-0.15, -0.1) is 0 Å². The SMILES string of the molecule is CC(C)(C)OC(=O)C(OC=O)(C(=O)OC(C)(C)C)C1c2ccccc2-c2ccccc21. The Bertz CT molecular complexity index is 936.